The van der Waals surface area contributed by atoms with Crippen molar-refractivity contribution in [3.05, 3.63) is 29.6 Å². The molecule has 0 spiro atoms. The molecule has 1 aromatic carbocycles. The van der Waals surface area contributed by atoms with Gasteiger partial charge in [0.2, 0.25) is 0 Å². The zero-order chi connectivity index (χ0) is 18.0. The number of halogens is 4. The molecule has 0 saturated carbocycles. The van der Waals surface area contributed by atoms with Crippen LogP contribution in [0.5, 0.6) is 5.75 Å². The van der Waals surface area contributed by atoms with Crippen LogP contribution in [0.4, 0.5) is 17.6 Å². The lowest BCUT2D eigenvalue weighted by Gasteiger charge is -2.43. The number of alkyl halides is 3. The number of ether oxygens (including phenoxy) is 1. The minimum Gasteiger partial charge on any atom is -0.406 e. The predicted molar refractivity (Wildman–Crippen MR) is 81.1 cm³/mol. The zero-order valence-electron chi connectivity index (χ0n) is 13.7. The Bertz CT molecular complexity index is 557. The molecule has 1 heterocycles. The van der Waals surface area contributed by atoms with E-state index in [0.29, 0.717) is 26.2 Å². The summed E-state index contributed by atoms with van der Waals surface area (Å²) < 4.78 is 55.7. The van der Waals surface area contributed by atoms with Gasteiger partial charge in [-0.25, -0.2) is 4.39 Å². The van der Waals surface area contributed by atoms with E-state index >= 15 is 0 Å². The van der Waals surface area contributed by atoms with Crippen LogP contribution in [0.25, 0.3) is 0 Å². The van der Waals surface area contributed by atoms with E-state index in [4.69, 9.17) is 0 Å². The lowest BCUT2D eigenvalue weighted by Crippen LogP contribution is -2.49. The fourth-order valence-corrected chi connectivity index (χ4v) is 3.07. The molecule has 0 radical (unpaired) electrons. The molecule has 1 fully saturated rings. The molecule has 0 amide bonds. The summed E-state index contributed by atoms with van der Waals surface area (Å²) in [5.41, 5.74) is -0.646. The molecule has 1 aromatic rings. The number of nitrogens with zero attached hydrogens (tertiary/aromatic N) is 1. The van der Waals surface area contributed by atoms with Crippen molar-refractivity contribution in [2.45, 2.75) is 26.3 Å². The van der Waals surface area contributed by atoms with Crippen molar-refractivity contribution >= 4 is 0 Å². The van der Waals surface area contributed by atoms with Gasteiger partial charge in [-0.15, -0.1) is 13.2 Å². The Morgan fingerprint density at radius 1 is 1.25 bits per heavy atom. The van der Waals surface area contributed by atoms with Crippen molar-refractivity contribution in [1.82, 2.24) is 10.2 Å². The molecule has 0 aliphatic carbocycles. The number of benzene rings is 1. The molecular weight excluding hydrogens is 328 g/mol. The maximum absolute atomic E-state index is 14.4. The van der Waals surface area contributed by atoms with Gasteiger partial charge in [-0.3, -0.25) is 4.90 Å². The van der Waals surface area contributed by atoms with Gasteiger partial charge in [-0.1, -0.05) is 13.8 Å². The first-order valence-corrected chi connectivity index (χ1v) is 7.75. The average molecular weight is 350 g/mol. The van der Waals surface area contributed by atoms with Crippen LogP contribution < -0.4 is 10.1 Å². The summed E-state index contributed by atoms with van der Waals surface area (Å²) in [5.74, 6) is -1.08. The SMILES string of the molecule is CC(C)(CO)[C@@H](c1cc(OC(F)(F)F)ccc1F)N1CCNCC1. The maximum atomic E-state index is 14.4. The smallest absolute Gasteiger partial charge is 0.406 e. The van der Waals surface area contributed by atoms with Gasteiger partial charge in [0.25, 0.3) is 0 Å². The Balaban J connectivity index is 2.42. The number of piperazine rings is 1. The number of hydrogen-bond donors (Lipinski definition) is 2. The van der Waals surface area contributed by atoms with E-state index in [1.54, 1.807) is 13.8 Å². The van der Waals surface area contributed by atoms with Crippen LogP contribution in [0.3, 0.4) is 0 Å². The molecule has 2 N–H and O–H groups in total. The Morgan fingerprint density at radius 2 is 1.88 bits per heavy atom. The van der Waals surface area contributed by atoms with Crippen molar-refractivity contribution in [3.63, 3.8) is 0 Å². The van der Waals surface area contributed by atoms with E-state index in [2.05, 4.69) is 10.1 Å². The molecule has 1 saturated heterocycles. The number of aliphatic hydroxyl groups excluding tert-OH is 1. The van der Waals surface area contributed by atoms with E-state index in [1.807, 2.05) is 4.90 Å². The largest absolute Gasteiger partial charge is 0.573 e. The molecule has 1 atom stereocenters. The molecule has 0 aromatic heterocycles. The lowest BCUT2D eigenvalue weighted by atomic mass is 9.79. The normalized spacial score (nSPS) is 18.5. The molecule has 136 valence electrons. The molecule has 0 unspecified atom stereocenters. The second kappa shape index (κ2) is 7.25. The highest BCUT2D eigenvalue weighted by Gasteiger charge is 2.38. The van der Waals surface area contributed by atoms with E-state index in [9.17, 15) is 22.7 Å². The van der Waals surface area contributed by atoms with Crippen molar-refractivity contribution < 1.29 is 27.4 Å². The Hall–Kier alpha value is -1.38. The average Bonchev–Trinajstić information content (AvgIpc) is 2.50. The van der Waals surface area contributed by atoms with Crippen LogP contribution in [-0.2, 0) is 0 Å². The number of hydrogen-bond acceptors (Lipinski definition) is 4. The fourth-order valence-electron chi connectivity index (χ4n) is 3.07. The van der Waals surface area contributed by atoms with Crippen LogP contribution in [0.15, 0.2) is 18.2 Å². The first-order chi connectivity index (χ1) is 11.1. The quantitative estimate of drug-likeness (QED) is 0.802. The standard InChI is InChI=1S/C16H22F4N2O2/c1-15(2,10-23)14(22-7-5-21-6-8-22)12-9-11(3-4-13(12)17)24-16(18,19)20/h3-4,9,14,21,23H,5-8,10H2,1-2H3/t14-/m1/s1. The Labute approximate surface area is 138 Å². The molecule has 4 nitrogen and oxygen atoms in total. The second-order valence-corrected chi connectivity index (χ2v) is 6.57. The number of nitrogens with one attached hydrogen (secondary N) is 1. The Morgan fingerprint density at radius 3 is 2.42 bits per heavy atom. The highest BCUT2D eigenvalue weighted by Crippen LogP contribution is 2.41. The summed E-state index contributed by atoms with van der Waals surface area (Å²) in [6.07, 6.45) is -4.84. The van der Waals surface area contributed by atoms with Crippen LogP contribution in [-0.4, -0.2) is 49.2 Å². The summed E-state index contributed by atoms with van der Waals surface area (Å²) in [7, 11) is 0. The van der Waals surface area contributed by atoms with E-state index in [0.717, 1.165) is 18.2 Å². The summed E-state index contributed by atoms with van der Waals surface area (Å²) in [5, 5.41) is 12.9. The molecule has 8 heteroatoms. The molecular formula is C16H22F4N2O2. The van der Waals surface area contributed by atoms with Crippen LogP contribution >= 0.6 is 0 Å². The van der Waals surface area contributed by atoms with Gasteiger partial charge in [0, 0.05) is 49.8 Å². The van der Waals surface area contributed by atoms with Crippen molar-refractivity contribution in [1.29, 1.82) is 0 Å². The Kier molecular flexibility index (Phi) is 5.72. The van der Waals surface area contributed by atoms with Gasteiger partial charge in [-0.05, 0) is 18.2 Å². The summed E-state index contributed by atoms with van der Waals surface area (Å²) >= 11 is 0. The van der Waals surface area contributed by atoms with Gasteiger partial charge in [-0.2, -0.15) is 0 Å². The minimum atomic E-state index is -4.84. The lowest BCUT2D eigenvalue weighted by molar-refractivity contribution is -0.274. The van der Waals surface area contributed by atoms with Gasteiger partial charge in [0.05, 0.1) is 0 Å². The fraction of sp³-hybridized carbons (Fsp3) is 0.625. The van der Waals surface area contributed by atoms with Crippen molar-refractivity contribution in [3.8, 4) is 5.75 Å². The maximum Gasteiger partial charge on any atom is 0.573 e. The highest BCUT2D eigenvalue weighted by atomic mass is 19.4. The molecule has 1 aliphatic rings. The van der Waals surface area contributed by atoms with Crippen LogP contribution in [0.2, 0.25) is 0 Å². The molecule has 24 heavy (non-hydrogen) atoms. The van der Waals surface area contributed by atoms with Gasteiger partial charge >= 0.3 is 6.36 Å². The summed E-state index contributed by atoms with van der Waals surface area (Å²) in [6, 6.07) is 2.43. The first-order valence-electron chi connectivity index (χ1n) is 7.75. The van der Waals surface area contributed by atoms with Gasteiger partial charge in [0.15, 0.2) is 0 Å². The van der Waals surface area contributed by atoms with Gasteiger partial charge in [0.1, 0.15) is 11.6 Å². The van der Waals surface area contributed by atoms with Crippen molar-refractivity contribution in [2.24, 2.45) is 5.41 Å². The van der Waals surface area contributed by atoms with Crippen LogP contribution in [0.1, 0.15) is 25.5 Å². The molecule has 1 aliphatic heterocycles. The van der Waals surface area contributed by atoms with E-state index in [-0.39, 0.29) is 12.2 Å². The monoisotopic (exact) mass is 350 g/mol. The van der Waals surface area contributed by atoms with Crippen LogP contribution in [0, 0.1) is 11.2 Å². The summed E-state index contributed by atoms with van der Waals surface area (Å²) in [6.45, 7) is 5.89. The zero-order valence-corrected chi connectivity index (χ0v) is 13.7. The number of rotatable bonds is 5. The highest BCUT2D eigenvalue weighted by molar-refractivity contribution is 5.33. The minimum absolute atomic E-state index is 0.0951. The third-order valence-corrected chi connectivity index (χ3v) is 4.16. The first kappa shape index (κ1) is 19.0. The van der Waals surface area contributed by atoms with E-state index < -0.39 is 29.4 Å². The second-order valence-electron chi connectivity index (χ2n) is 6.57. The predicted octanol–water partition coefficient (Wildman–Crippen LogP) is 2.69. The summed E-state index contributed by atoms with van der Waals surface area (Å²) in [4.78, 5) is 1.97. The third kappa shape index (κ3) is 4.58. The topological polar surface area (TPSA) is 44.7 Å². The molecule has 0 bridgehead atoms. The number of aliphatic hydroxyl groups is 1. The molecule has 2 rings (SSSR count). The van der Waals surface area contributed by atoms with E-state index in [1.165, 1.54) is 0 Å². The third-order valence-electron chi connectivity index (χ3n) is 4.16. The van der Waals surface area contributed by atoms with Crippen molar-refractivity contribution in [2.75, 3.05) is 32.8 Å². The van der Waals surface area contributed by atoms with Gasteiger partial charge < -0.3 is 15.2 Å².